The first-order valence-electron chi connectivity index (χ1n) is 9.24. The average molecular weight is 469 g/mol. The Morgan fingerprint density at radius 2 is 1.92 bits per heavy atom. The molecule has 140 valence electrons. The van der Waals surface area contributed by atoms with Gasteiger partial charge in [-0.1, -0.05) is 0 Å². The molecule has 1 saturated heterocycles. The van der Waals surface area contributed by atoms with Crippen molar-refractivity contribution in [3.63, 3.8) is 0 Å². The molecular weight excluding hydrogens is 445 g/mol. The van der Waals surface area contributed by atoms with Gasteiger partial charge in [0.05, 0.1) is 18.0 Å². The molecule has 2 fully saturated rings. The van der Waals surface area contributed by atoms with E-state index in [0.29, 0.717) is 24.4 Å². The zero-order valence-corrected chi connectivity index (χ0v) is 17.1. The number of nitrogens with two attached hydrogens (primary N) is 1. The topological polar surface area (TPSA) is 93.2 Å². The first kappa shape index (κ1) is 17.9. The molecule has 4 rings (SSSR count). The fraction of sp³-hybridized carbons (Fsp3) is 0.647. The molecule has 1 aliphatic heterocycles. The monoisotopic (exact) mass is 469 g/mol. The van der Waals surface area contributed by atoms with E-state index in [1.54, 1.807) is 0 Å². The van der Waals surface area contributed by atoms with Crippen molar-refractivity contribution >= 4 is 45.3 Å². The number of aromatic nitrogens is 4. The average Bonchev–Trinajstić information content (AvgIpc) is 3.00. The van der Waals surface area contributed by atoms with Crippen molar-refractivity contribution < 1.29 is 4.79 Å². The highest BCUT2D eigenvalue weighted by Crippen LogP contribution is 2.34. The summed E-state index contributed by atoms with van der Waals surface area (Å²) >= 11 is 2.21. The van der Waals surface area contributed by atoms with Crippen LogP contribution in [0.5, 0.6) is 0 Å². The fourth-order valence-corrected chi connectivity index (χ4v) is 5.00. The summed E-state index contributed by atoms with van der Waals surface area (Å²) in [6.45, 7) is 5.27. The standard InChI is InChI=1S/C17H24IN7O/c1-2-23-7-8-24(9-13(23)26)11-3-5-12(6-4-11)25-17-14(15(18)22-25)16(19)20-10-21-17/h10-12H,2-9H2,1H3,(H2,19,20,21). The second kappa shape index (κ2) is 7.26. The molecule has 1 amide bonds. The number of anilines is 1. The summed E-state index contributed by atoms with van der Waals surface area (Å²) in [6.07, 6.45) is 5.77. The van der Waals surface area contributed by atoms with E-state index in [9.17, 15) is 4.79 Å². The predicted octanol–water partition coefficient (Wildman–Crippen LogP) is 1.66. The van der Waals surface area contributed by atoms with Gasteiger partial charge in [-0.3, -0.25) is 9.69 Å². The number of likely N-dealkylation sites (N-methyl/N-ethyl adjacent to an activating group) is 1. The molecule has 2 aromatic rings. The van der Waals surface area contributed by atoms with Gasteiger partial charge in [0.15, 0.2) is 5.65 Å². The van der Waals surface area contributed by atoms with Crippen molar-refractivity contribution in [1.29, 1.82) is 0 Å². The molecule has 0 unspecified atom stereocenters. The summed E-state index contributed by atoms with van der Waals surface area (Å²) in [4.78, 5) is 25.0. The van der Waals surface area contributed by atoms with Crippen LogP contribution in [-0.4, -0.2) is 67.7 Å². The normalized spacial score (nSPS) is 25.2. The van der Waals surface area contributed by atoms with Crippen molar-refractivity contribution in [2.75, 3.05) is 31.9 Å². The van der Waals surface area contributed by atoms with E-state index in [4.69, 9.17) is 10.8 Å². The Morgan fingerprint density at radius 1 is 1.19 bits per heavy atom. The quantitative estimate of drug-likeness (QED) is 0.688. The van der Waals surface area contributed by atoms with Gasteiger partial charge in [-0.25, -0.2) is 14.6 Å². The number of fused-ring (bicyclic) bond motifs is 1. The summed E-state index contributed by atoms with van der Waals surface area (Å²) < 4.78 is 2.89. The smallest absolute Gasteiger partial charge is 0.236 e. The van der Waals surface area contributed by atoms with Gasteiger partial charge in [-0.2, -0.15) is 5.10 Å². The number of amides is 1. The first-order valence-corrected chi connectivity index (χ1v) is 10.3. The minimum Gasteiger partial charge on any atom is -0.383 e. The van der Waals surface area contributed by atoms with Crippen LogP contribution in [0.15, 0.2) is 6.33 Å². The van der Waals surface area contributed by atoms with Crippen LogP contribution in [-0.2, 0) is 4.79 Å². The van der Waals surface area contributed by atoms with Crippen LogP contribution < -0.4 is 5.73 Å². The molecule has 26 heavy (non-hydrogen) atoms. The molecule has 1 aliphatic carbocycles. The van der Waals surface area contributed by atoms with E-state index in [1.165, 1.54) is 6.33 Å². The number of rotatable bonds is 3. The van der Waals surface area contributed by atoms with Gasteiger partial charge in [-0.05, 0) is 55.2 Å². The second-order valence-electron chi connectivity index (χ2n) is 7.10. The number of carbonyl (C=O) groups is 1. The number of piperazine rings is 1. The molecule has 9 heteroatoms. The number of nitrogens with zero attached hydrogens (tertiary/aromatic N) is 6. The van der Waals surface area contributed by atoms with Crippen molar-refractivity contribution in [1.82, 2.24) is 29.5 Å². The van der Waals surface area contributed by atoms with E-state index in [-0.39, 0.29) is 5.91 Å². The lowest BCUT2D eigenvalue weighted by Gasteiger charge is -2.41. The Morgan fingerprint density at radius 3 is 2.62 bits per heavy atom. The van der Waals surface area contributed by atoms with E-state index in [0.717, 1.165) is 60.1 Å². The highest BCUT2D eigenvalue weighted by Gasteiger charge is 2.32. The van der Waals surface area contributed by atoms with Gasteiger partial charge in [0, 0.05) is 25.7 Å². The molecule has 3 heterocycles. The molecule has 0 radical (unpaired) electrons. The van der Waals surface area contributed by atoms with E-state index in [1.807, 2.05) is 16.5 Å². The van der Waals surface area contributed by atoms with Crippen LogP contribution in [0.2, 0.25) is 0 Å². The largest absolute Gasteiger partial charge is 0.383 e. The van der Waals surface area contributed by atoms with Gasteiger partial charge >= 0.3 is 0 Å². The van der Waals surface area contributed by atoms with Gasteiger partial charge in [0.2, 0.25) is 5.91 Å². The number of hydrogen-bond donors (Lipinski definition) is 1. The minimum atomic E-state index is 0.265. The summed E-state index contributed by atoms with van der Waals surface area (Å²) in [7, 11) is 0. The Labute approximate surface area is 166 Å². The van der Waals surface area contributed by atoms with Crippen molar-refractivity contribution in [3.8, 4) is 0 Å². The van der Waals surface area contributed by atoms with Gasteiger partial charge < -0.3 is 10.6 Å². The lowest BCUT2D eigenvalue weighted by atomic mass is 9.90. The molecule has 0 bridgehead atoms. The Balaban J connectivity index is 1.45. The van der Waals surface area contributed by atoms with Gasteiger partial charge in [0.25, 0.3) is 0 Å². The maximum atomic E-state index is 12.2. The first-order chi connectivity index (χ1) is 12.6. The van der Waals surface area contributed by atoms with Crippen LogP contribution in [0, 0.1) is 3.70 Å². The zero-order valence-electron chi connectivity index (χ0n) is 14.9. The third-order valence-corrected chi connectivity index (χ3v) is 6.49. The molecule has 2 aromatic heterocycles. The fourth-order valence-electron chi connectivity index (χ4n) is 4.25. The third-order valence-electron chi connectivity index (χ3n) is 5.73. The highest BCUT2D eigenvalue weighted by molar-refractivity contribution is 14.1. The van der Waals surface area contributed by atoms with Crippen LogP contribution >= 0.6 is 22.6 Å². The molecule has 0 aromatic carbocycles. The van der Waals surface area contributed by atoms with Gasteiger partial charge in [-0.15, -0.1) is 0 Å². The Bertz CT molecular complexity index is 815. The van der Waals surface area contributed by atoms with Crippen LogP contribution in [0.1, 0.15) is 38.6 Å². The lowest BCUT2D eigenvalue weighted by Crippen LogP contribution is -2.54. The number of carbonyl (C=O) groups excluding carboxylic acids is 1. The minimum absolute atomic E-state index is 0.265. The zero-order chi connectivity index (χ0) is 18.3. The molecule has 2 aliphatic rings. The van der Waals surface area contributed by atoms with Crippen LogP contribution in [0.3, 0.4) is 0 Å². The summed E-state index contributed by atoms with van der Waals surface area (Å²) in [5.74, 6) is 0.757. The van der Waals surface area contributed by atoms with Crippen LogP contribution in [0.4, 0.5) is 5.82 Å². The molecular formula is C17H24IN7O. The summed E-state index contributed by atoms with van der Waals surface area (Å²) in [5.41, 5.74) is 6.83. The van der Waals surface area contributed by atoms with E-state index < -0.39 is 0 Å². The maximum Gasteiger partial charge on any atom is 0.236 e. The predicted molar refractivity (Wildman–Crippen MR) is 108 cm³/mol. The highest BCUT2D eigenvalue weighted by atomic mass is 127. The van der Waals surface area contributed by atoms with E-state index >= 15 is 0 Å². The maximum absolute atomic E-state index is 12.2. The second-order valence-corrected chi connectivity index (χ2v) is 8.12. The molecule has 1 saturated carbocycles. The Kier molecular flexibility index (Phi) is 5.00. The lowest BCUT2D eigenvalue weighted by molar-refractivity contribution is -0.137. The number of hydrogen-bond acceptors (Lipinski definition) is 6. The van der Waals surface area contributed by atoms with Crippen molar-refractivity contribution in [3.05, 3.63) is 10.0 Å². The molecule has 0 atom stereocenters. The van der Waals surface area contributed by atoms with Crippen molar-refractivity contribution in [2.24, 2.45) is 0 Å². The molecule has 2 N–H and O–H groups in total. The van der Waals surface area contributed by atoms with Gasteiger partial charge in [0.1, 0.15) is 15.8 Å². The number of halogens is 1. The molecule has 8 nitrogen and oxygen atoms in total. The summed E-state index contributed by atoms with van der Waals surface area (Å²) in [5, 5.41) is 5.55. The third kappa shape index (κ3) is 3.15. The molecule has 0 spiro atoms. The summed E-state index contributed by atoms with van der Waals surface area (Å²) in [6, 6.07) is 0.828. The number of nitrogen functional groups attached to an aromatic ring is 1. The van der Waals surface area contributed by atoms with Crippen LogP contribution in [0.25, 0.3) is 11.0 Å². The van der Waals surface area contributed by atoms with E-state index in [2.05, 4.69) is 37.5 Å². The van der Waals surface area contributed by atoms with Crippen molar-refractivity contribution in [2.45, 2.75) is 44.7 Å². The Hall–Kier alpha value is -1.49. The SMILES string of the molecule is CCN1CCN(C2CCC(n3nc(I)c4c(N)ncnc43)CC2)CC1=O.